The van der Waals surface area contributed by atoms with Gasteiger partial charge >= 0.3 is 0 Å². The van der Waals surface area contributed by atoms with E-state index in [9.17, 15) is 0 Å². The van der Waals surface area contributed by atoms with E-state index in [1.807, 2.05) is 0 Å². The van der Waals surface area contributed by atoms with E-state index in [1.54, 1.807) is 5.56 Å². The summed E-state index contributed by atoms with van der Waals surface area (Å²) in [6, 6.07) is 15.6. The van der Waals surface area contributed by atoms with Crippen LogP contribution in [0, 0.1) is 0 Å². The van der Waals surface area contributed by atoms with Crippen LogP contribution in [0.25, 0.3) is 0 Å². The SMILES string of the molecule is CC(C)(C)c1cccc(C(C)(I)CC[C@@]2(C)CC(C)(C)c3ccccc32)n1. The van der Waals surface area contributed by atoms with Gasteiger partial charge in [0.15, 0.2) is 0 Å². The normalized spacial score (nSPS) is 23.7. The molecule has 3 rings (SSSR count). The molecule has 146 valence electrons. The van der Waals surface area contributed by atoms with Gasteiger partial charge in [0.2, 0.25) is 0 Å². The van der Waals surface area contributed by atoms with Crippen molar-refractivity contribution in [2.45, 2.75) is 87.4 Å². The van der Waals surface area contributed by atoms with Crippen LogP contribution in [-0.2, 0) is 19.7 Å². The minimum atomic E-state index is 0.0453. The van der Waals surface area contributed by atoms with E-state index in [0.717, 1.165) is 6.42 Å². The Balaban J connectivity index is 1.84. The van der Waals surface area contributed by atoms with Crippen molar-refractivity contribution >= 4 is 22.6 Å². The number of hydrogen-bond acceptors (Lipinski definition) is 1. The highest BCUT2D eigenvalue weighted by atomic mass is 127. The van der Waals surface area contributed by atoms with Crippen molar-refractivity contribution in [3.63, 3.8) is 0 Å². The van der Waals surface area contributed by atoms with Crippen LogP contribution in [0.15, 0.2) is 42.5 Å². The molecule has 1 aliphatic rings. The Morgan fingerprint density at radius 2 is 1.48 bits per heavy atom. The average molecular weight is 475 g/mol. The third-order valence-corrected chi connectivity index (χ3v) is 7.43. The van der Waals surface area contributed by atoms with Gasteiger partial charge in [-0.15, -0.1) is 0 Å². The number of nitrogens with zero attached hydrogens (tertiary/aromatic N) is 1. The van der Waals surface area contributed by atoms with Crippen LogP contribution in [0.3, 0.4) is 0 Å². The first-order valence-electron chi connectivity index (χ1n) is 10.1. The molecule has 2 heteroatoms. The smallest absolute Gasteiger partial charge is 0.0614 e. The lowest BCUT2D eigenvalue weighted by atomic mass is 9.75. The molecule has 1 aliphatic carbocycles. The van der Waals surface area contributed by atoms with E-state index in [-0.39, 0.29) is 19.7 Å². The van der Waals surface area contributed by atoms with Gasteiger partial charge in [0, 0.05) is 11.1 Å². The number of aromatic nitrogens is 1. The topological polar surface area (TPSA) is 12.9 Å². The summed E-state index contributed by atoms with van der Waals surface area (Å²) in [6.07, 6.45) is 3.55. The molecular weight excluding hydrogens is 441 g/mol. The van der Waals surface area contributed by atoms with Crippen molar-refractivity contribution in [2.24, 2.45) is 0 Å². The Bertz CT molecular complexity index is 828. The molecule has 1 aromatic heterocycles. The highest BCUT2D eigenvalue weighted by molar-refractivity contribution is 14.1. The summed E-state index contributed by atoms with van der Waals surface area (Å²) in [5, 5.41) is 0. The van der Waals surface area contributed by atoms with Crippen LogP contribution in [0.5, 0.6) is 0 Å². The highest BCUT2D eigenvalue weighted by Gasteiger charge is 2.45. The number of alkyl halides is 1. The van der Waals surface area contributed by atoms with Crippen LogP contribution in [0.1, 0.15) is 90.2 Å². The lowest BCUT2D eigenvalue weighted by Crippen LogP contribution is -2.26. The van der Waals surface area contributed by atoms with E-state index < -0.39 is 0 Å². The standard InChI is InChI=1S/C25H34IN/c1-22(2,3)20-13-10-14-21(27-20)25(7,26)16-15-24(6)17-23(4,5)18-11-8-9-12-19(18)24/h8-14H,15-17H2,1-7H3/t24-,25?/m0/s1. The van der Waals surface area contributed by atoms with Gasteiger partial charge in [0.25, 0.3) is 0 Å². The average Bonchev–Trinajstić information content (AvgIpc) is 2.80. The van der Waals surface area contributed by atoms with E-state index in [0.29, 0.717) is 0 Å². The summed E-state index contributed by atoms with van der Waals surface area (Å²) in [5.41, 5.74) is 6.08. The minimum Gasteiger partial charge on any atom is -0.256 e. The van der Waals surface area contributed by atoms with Crippen LogP contribution >= 0.6 is 22.6 Å². The molecule has 27 heavy (non-hydrogen) atoms. The molecule has 0 amide bonds. The molecule has 1 aromatic carbocycles. The number of halogens is 1. The van der Waals surface area contributed by atoms with Crippen LogP contribution in [0.4, 0.5) is 0 Å². The number of benzene rings is 1. The van der Waals surface area contributed by atoms with Crippen molar-refractivity contribution < 1.29 is 0 Å². The van der Waals surface area contributed by atoms with Gasteiger partial charge in [-0.25, -0.2) is 0 Å². The summed E-state index contributed by atoms with van der Waals surface area (Å²) >= 11 is 2.63. The highest BCUT2D eigenvalue weighted by Crippen LogP contribution is 2.53. The second-order valence-electron chi connectivity index (χ2n) is 10.5. The van der Waals surface area contributed by atoms with E-state index in [1.165, 1.54) is 29.8 Å². The molecule has 0 aliphatic heterocycles. The van der Waals surface area contributed by atoms with Gasteiger partial charge in [-0.1, -0.05) is 94.5 Å². The maximum absolute atomic E-state index is 5.05. The minimum absolute atomic E-state index is 0.0453. The van der Waals surface area contributed by atoms with Crippen molar-refractivity contribution in [2.75, 3.05) is 0 Å². The van der Waals surface area contributed by atoms with Crippen molar-refractivity contribution in [1.29, 1.82) is 0 Å². The first-order valence-corrected chi connectivity index (χ1v) is 11.2. The van der Waals surface area contributed by atoms with Gasteiger partial charge in [-0.05, 0) is 60.3 Å². The van der Waals surface area contributed by atoms with Crippen LogP contribution in [0.2, 0.25) is 0 Å². The Hall–Kier alpha value is -0.900. The first kappa shape index (κ1) is 20.8. The molecule has 2 aromatic rings. The van der Waals surface area contributed by atoms with Gasteiger partial charge < -0.3 is 0 Å². The van der Waals surface area contributed by atoms with Crippen LogP contribution in [-0.4, -0.2) is 4.98 Å². The lowest BCUT2D eigenvalue weighted by Gasteiger charge is -2.32. The van der Waals surface area contributed by atoms with E-state index in [4.69, 9.17) is 4.98 Å². The summed E-state index contributed by atoms with van der Waals surface area (Å²) in [4.78, 5) is 5.05. The predicted molar refractivity (Wildman–Crippen MR) is 125 cm³/mol. The van der Waals surface area contributed by atoms with Gasteiger partial charge in [-0.3, -0.25) is 4.98 Å². The monoisotopic (exact) mass is 475 g/mol. The third kappa shape index (κ3) is 4.11. The largest absolute Gasteiger partial charge is 0.256 e. The van der Waals surface area contributed by atoms with Gasteiger partial charge in [0.1, 0.15) is 0 Å². The Morgan fingerprint density at radius 1 is 0.889 bits per heavy atom. The summed E-state index contributed by atoms with van der Waals surface area (Å²) < 4.78 is 0.0453. The lowest BCUT2D eigenvalue weighted by molar-refractivity contribution is 0.336. The third-order valence-electron chi connectivity index (χ3n) is 6.34. The number of pyridine rings is 1. The van der Waals surface area contributed by atoms with Gasteiger partial charge in [-0.2, -0.15) is 0 Å². The molecule has 0 saturated carbocycles. The zero-order valence-corrected chi connectivity index (χ0v) is 20.1. The molecule has 0 saturated heterocycles. The molecule has 2 atom stereocenters. The Kier molecular flexibility index (Phi) is 5.29. The van der Waals surface area contributed by atoms with E-state index >= 15 is 0 Å². The second kappa shape index (κ2) is 6.86. The van der Waals surface area contributed by atoms with Gasteiger partial charge in [0.05, 0.1) is 9.12 Å². The predicted octanol–water partition coefficient (Wildman–Crippen LogP) is 7.45. The maximum Gasteiger partial charge on any atom is 0.0614 e. The summed E-state index contributed by atoms with van der Waals surface area (Å²) in [5.74, 6) is 0. The zero-order valence-electron chi connectivity index (χ0n) is 18.0. The molecule has 0 fully saturated rings. The molecule has 0 N–H and O–H groups in total. The quantitative estimate of drug-likeness (QED) is 0.331. The number of rotatable bonds is 4. The fraction of sp³-hybridized carbons (Fsp3) is 0.560. The molecule has 0 spiro atoms. The molecular formula is C25H34IN. The summed E-state index contributed by atoms with van der Waals surface area (Å²) in [6.45, 7) is 16.3. The molecule has 1 heterocycles. The second-order valence-corrected chi connectivity index (χ2v) is 12.9. The van der Waals surface area contributed by atoms with Crippen LogP contribution < -0.4 is 0 Å². The molecule has 0 bridgehead atoms. The fourth-order valence-electron chi connectivity index (χ4n) is 4.77. The Morgan fingerprint density at radius 3 is 2.11 bits per heavy atom. The summed E-state index contributed by atoms with van der Waals surface area (Å²) in [7, 11) is 0. The number of fused-ring (bicyclic) bond motifs is 1. The maximum atomic E-state index is 5.05. The van der Waals surface area contributed by atoms with E-state index in [2.05, 4.69) is 114 Å². The van der Waals surface area contributed by atoms with Crippen molar-refractivity contribution in [1.82, 2.24) is 4.98 Å². The molecule has 1 nitrogen and oxygen atoms in total. The van der Waals surface area contributed by atoms with Crippen molar-refractivity contribution in [3.8, 4) is 0 Å². The molecule has 0 radical (unpaired) electrons. The Labute approximate surface area is 179 Å². The fourth-order valence-corrected chi connectivity index (χ4v) is 5.34. The zero-order chi connectivity index (χ0) is 20.1. The number of hydrogen-bond donors (Lipinski definition) is 0. The van der Waals surface area contributed by atoms with Crippen molar-refractivity contribution in [3.05, 3.63) is 65.0 Å². The first-order chi connectivity index (χ1) is 12.4. The molecule has 1 unspecified atom stereocenters.